The number of hydrogen-bond donors (Lipinski definition) is 2. The summed E-state index contributed by atoms with van der Waals surface area (Å²) in [5, 5.41) is 22.1. The van der Waals surface area contributed by atoms with Gasteiger partial charge in [-0.15, -0.1) is 0 Å². The van der Waals surface area contributed by atoms with Crippen molar-refractivity contribution in [2.45, 2.75) is 97.7 Å². The number of fused-ring (bicyclic) bond motifs is 5. The zero-order valence-corrected chi connectivity index (χ0v) is 17.7. The Bertz CT molecular complexity index is 665. The van der Waals surface area contributed by atoms with Crippen molar-refractivity contribution < 1.29 is 15.0 Å². The highest BCUT2D eigenvalue weighted by atomic mass is 16.5. The minimum Gasteiger partial charge on any atom is -0.365 e. The number of allylic oxidation sites excluding steroid dienone is 1. The molecule has 152 valence electrons. The first-order valence-electron chi connectivity index (χ1n) is 11.3. The van der Waals surface area contributed by atoms with E-state index < -0.39 is 5.79 Å². The lowest BCUT2D eigenvalue weighted by Crippen LogP contribution is -2.59. The maximum Gasteiger partial charge on any atom is 0.168 e. The molecule has 0 saturated heterocycles. The first-order valence-corrected chi connectivity index (χ1v) is 11.3. The van der Waals surface area contributed by atoms with Crippen LogP contribution < -0.4 is 0 Å². The first-order chi connectivity index (χ1) is 12.6. The minimum absolute atomic E-state index is 0.00445. The molecule has 0 unspecified atom stereocenters. The molecular weight excluding hydrogens is 336 g/mol. The monoisotopic (exact) mass is 374 g/mol. The van der Waals surface area contributed by atoms with Crippen molar-refractivity contribution in [3.8, 4) is 0 Å². The van der Waals surface area contributed by atoms with Gasteiger partial charge in [-0.05, 0) is 92.4 Å². The van der Waals surface area contributed by atoms with Crippen LogP contribution in [-0.2, 0) is 4.79 Å². The molecule has 4 rings (SSSR count). The van der Waals surface area contributed by atoms with Gasteiger partial charge in [0.05, 0.1) is 0 Å². The second-order valence-corrected chi connectivity index (χ2v) is 10.6. The molecule has 3 heteroatoms. The highest BCUT2D eigenvalue weighted by molar-refractivity contribution is 5.91. The van der Waals surface area contributed by atoms with Gasteiger partial charge in [-0.3, -0.25) is 4.79 Å². The van der Waals surface area contributed by atoms with Crippen molar-refractivity contribution in [1.82, 2.24) is 0 Å². The lowest BCUT2D eigenvalue weighted by molar-refractivity contribution is -0.285. The molecule has 0 aromatic carbocycles. The van der Waals surface area contributed by atoms with Crippen LogP contribution >= 0.6 is 0 Å². The van der Waals surface area contributed by atoms with Gasteiger partial charge in [0.15, 0.2) is 11.6 Å². The molecule has 3 saturated carbocycles. The van der Waals surface area contributed by atoms with E-state index in [1.165, 1.54) is 18.4 Å². The highest BCUT2D eigenvalue weighted by Gasteiger charge is 2.68. The van der Waals surface area contributed by atoms with Crippen LogP contribution in [0.1, 0.15) is 91.9 Å². The van der Waals surface area contributed by atoms with Crippen molar-refractivity contribution in [2.24, 2.45) is 34.0 Å². The SMILES string of the molecule is CCC(O)(O)[C@]1(CC)CC[C@H]2[C@@H]3CCC4=CC(=O)CC[C@]4(C)[C@H]3CC[C@@]21C. The molecule has 0 aliphatic heterocycles. The van der Waals surface area contributed by atoms with Gasteiger partial charge in [-0.1, -0.05) is 33.3 Å². The summed E-state index contributed by atoms with van der Waals surface area (Å²) >= 11 is 0. The molecule has 0 heterocycles. The van der Waals surface area contributed by atoms with Crippen molar-refractivity contribution >= 4 is 5.78 Å². The number of rotatable bonds is 3. The Labute approximate surface area is 164 Å². The van der Waals surface area contributed by atoms with Crippen molar-refractivity contribution in [2.75, 3.05) is 0 Å². The average Bonchev–Trinajstić information content (AvgIpc) is 2.96. The normalized spacial score (nSPS) is 47.1. The van der Waals surface area contributed by atoms with Crippen LogP contribution in [0.15, 0.2) is 11.6 Å². The van der Waals surface area contributed by atoms with Gasteiger partial charge < -0.3 is 10.2 Å². The predicted octanol–water partition coefficient (Wildman–Crippen LogP) is 5.01. The molecule has 0 aromatic rings. The van der Waals surface area contributed by atoms with Gasteiger partial charge in [0, 0.05) is 11.8 Å². The molecule has 3 fully saturated rings. The van der Waals surface area contributed by atoms with E-state index in [0.717, 1.165) is 38.5 Å². The van der Waals surface area contributed by atoms with Crippen LogP contribution in [-0.4, -0.2) is 21.8 Å². The standard InChI is InChI=1S/C24H38O3/c1-5-23(24(26,27)6-2)14-11-20-18-8-7-16-15-17(25)9-12-21(16,3)19(18)10-13-22(20,23)4/h15,18-20,26-27H,5-14H2,1-4H3/t18-,19+,20+,21+,22+,23-/m1/s1. The summed E-state index contributed by atoms with van der Waals surface area (Å²) in [7, 11) is 0. The second kappa shape index (κ2) is 6.16. The third kappa shape index (κ3) is 2.37. The molecule has 0 amide bonds. The van der Waals surface area contributed by atoms with E-state index in [0.29, 0.717) is 36.4 Å². The Morgan fingerprint density at radius 1 is 1.04 bits per heavy atom. The van der Waals surface area contributed by atoms with Gasteiger partial charge in [0.2, 0.25) is 0 Å². The summed E-state index contributed by atoms with van der Waals surface area (Å²) in [4.78, 5) is 12.0. The molecule has 2 N–H and O–H groups in total. The first kappa shape index (κ1) is 19.6. The fourth-order valence-corrected chi connectivity index (χ4v) is 8.55. The Morgan fingerprint density at radius 2 is 1.74 bits per heavy atom. The van der Waals surface area contributed by atoms with Crippen LogP contribution in [0, 0.1) is 34.0 Å². The molecule has 4 aliphatic rings. The molecule has 0 bridgehead atoms. The number of carbonyl (C=O) groups excluding carboxylic acids is 1. The van der Waals surface area contributed by atoms with Gasteiger partial charge in [0.1, 0.15) is 0 Å². The highest BCUT2D eigenvalue weighted by Crippen LogP contribution is 2.72. The van der Waals surface area contributed by atoms with Crippen molar-refractivity contribution in [3.63, 3.8) is 0 Å². The Kier molecular flexibility index (Phi) is 4.48. The smallest absolute Gasteiger partial charge is 0.168 e. The summed E-state index contributed by atoms with van der Waals surface area (Å²) in [5.74, 6) is 0.655. The molecule has 0 radical (unpaired) electrons. The van der Waals surface area contributed by atoms with Crippen LogP contribution in [0.5, 0.6) is 0 Å². The van der Waals surface area contributed by atoms with Crippen molar-refractivity contribution in [1.29, 1.82) is 0 Å². The van der Waals surface area contributed by atoms with E-state index in [1.807, 2.05) is 13.0 Å². The third-order valence-electron chi connectivity index (χ3n) is 10.2. The lowest BCUT2D eigenvalue weighted by atomic mass is 9.44. The van der Waals surface area contributed by atoms with E-state index in [9.17, 15) is 15.0 Å². The number of carbonyl (C=O) groups is 1. The second-order valence-electron chi connectivity index (χ2n) is 10.6. The number of ketones is 1. The molecule has 3 nitrogen and oxygen atoms in total. The van der Waals surface area contributed by atoms with E-state index in [1.54, 1.807) is 0 Å². The zero-order chi connectivity index (χ0) is 19.7. The maximum atomic E-state index is 12.0. The van der Waals surface area contributed by atoms with Crippen LogP contribution in [0.25, 0.3) is 0 Å². The van der Waals surface area contributed by atoms with Gasteiger partial charge in [-0.25, -0.2) is 0 Å². The van der Waals surface area contributed by atoms with Crippen molar-refractivity contribution in [3.05, 3.63) is 11.6 Å². The van der Waals surface area contributed by atoms with Gasteiger partial charge >= 0.3 is 0 Å². The molecule has 6 atom stereocenters. The van der Waals surface area contributed by atoms with Crippen LogP contribution in [0.4, 0.5) is 0 Å². The largest absolute Gasteiger partial charge is 0.365 e. The molecule has 27 heavy (non-hydrogen) atoms. The maximum absolute atomic E-state index is 12.0. The number of aliphatic hydroxyl groups is 2. The lowest BCUT2D eigenvalue weighted by Gasteiger charge is -2.61. The third-order valence-corrected chi connectivity index (χ3v) is 10.2. The quantitative estimate of drug-likeness (QED) is 0.683. The average molecular weight is 375 g/mol. The van der Waals surface area contributed by atoms with Crippen LogP contribution in [0.3, 0.4) is 0 Å². The van der Waals surface area contributed by atoms with E-state index in [2.05, 4.69) is 20.8 Å². The Morgan fingerprint density at radius 3 is 2.41 bits per heavy atom. The van der Waals surface area contributed by atoms with Gasteiger partial charge in [0.25, 0.3) is 0 Å². The summed E-state index contributed by atoms with van der Waals surface area (Å²) in [6.07, 6.45) is 11.5. The molecule has 0 aromatic heterocycles. The molecular formula is C24H38O3. The Hall–Kier alpha value is -0.670. The zero-order valence-electron chi connectivity index (χ0n) is 17.7. The molecule has 4 aliphatic carbocycles. The van der Waals surface area contributed by atoms with Gasteiger partial charge in [-0.2, -0.15) is 0 Å². The summed E-state index contributed by atoms with van der Waals surface area (Å²) in [5.41, 5.74) is 1.22. The van der Waals surface area contributed by atoms with E-state index >= 15 is 0 Å². The Balaban J connectivity index is 1.71. The minimum atomic E-state index is -1.57. The summed E-state index contributed by atoms with van der Waals surface area (Å²) < 4.78 is 0. The fraction of sp³-hybridized carbons (Fsp3) is 0.875. The number of hydrogen-bond acceptors (Lipinski definition) is 3. The topological polar surface area (TPSA) is 57.5 Å². The van der Waals surface area contributed by atoms with E-state index in [4.69, 9.17) is 0 Å². The van der Waals surface area contributed by atoms with E-state index in [-0.39, 0.29) is 16.2 Å². The summed E-state index contributed by atoms with van der Waals surface area (Å²) in [6.45, 7) is 8.87. The fourth-order valence-electron chi connectivity index (χ4n) is 8.55. The van der Waals surface area contributed by atoms with Crippen LogP contribution in [0.2, 0.25) is 0 Å². The predicted molar refractivity (Wildman–Crippen MR) is 107 cm³/mol. The molecule has 0 spiro atoms. The summed E-state index contributed by atoms with van der Waals surface area (Å²) in [6, 6.07) is 0.